The van der Waals surface area contributed by atoms with Crippen LogP contribution in [-0.4, -0.2) is 22.3 Å². The molecule has 0 saturated heterocycles. The Morgan fingerprint density at radius 1 is 1.14 bits per heavy atom. The molecule has 0 bridgehead atoms. The molecule has 1 unspecified atom stereocenters. The Balaban J connectivity index is 2.04. The third-order valence-electron chi connectivity index (χ3n) is 3.27. The lowest BCUT2D eigenvalue weighted by atomic mass is 10.1. The lowest BCUT2D eigenvalue weighted by Gasteiger charge is -2.18. The van der Waals surface area contributed by atoms with Crippen molar-refractivity contribution in [2.75, 3.05) is 12.3 Å². The van der Waals surface area contributed by atoms with Gasteiger partial charge in [0.1, 0.15) is 0 Å². The molecular weight excluding hydrogens is 278 g/mol. The quantitative estimate of drug-likeness (QED) is 0.621. The van der Waals surface area contributed by atoms with Crippen LogP contribution in [0.4, 0.5) is 0 Å². The van der Waals surface area contributed by atoms with Crippen LogP contribution in [0.5, 0.6) is 0 Å². The molecule has 2 rings (SSSR count). The summed E-state index contributed by atoms with van der Waals surface area (Å²) in [6, 6.07) is 11.0. The van der Waals surface area contributed by atoms with Crippen LogP contribution in [0, 0.1) is 13.8 Å². The first kappa shape index (κ1) is 16.0. The molecule has 0 aliphatic carbocycles. The average molecular weight is 301 g/mol. The average Bonchev–Trinajstić information content (AvgIpc) is 2.49. The Morgan fingerprint density at radius 3 is 2.57 bits per heavy atom. The normalized spacial score (nSPS) is 12.3. The fourth-order valence-corrected chi connectivity index (χ4v) is 3.01. The summed E-state index contributed by atoms with van der Waals surface area (Å²) in [4.78, 5) is 8.78. The van der Waals surface area contributed by atoms with Crippen LogP contribution < -0.4 is 5.32 Å². The molecular formula is C17H23N3S. The minimum Gasteiger partial charge on any atom is -0.309 e. The fourth-order valence-electron chi connectivity index (χ4n) is 2.04. The van der Waals surface area contributed by atoms with Gasteiger partial charge in [0.05, 0.1) is 0 Å². The van der Waals surface area contributed by atoms with Gasteiger partial charge in [0, 0.05) is 23.7 Å². The highest BCUT2D eigenvalue weighted by molar-refractivity contribution is 7.99. The highest BCUT2D eigenvalue weighted by Gasteiger charge is 2.12. The molecule has 0 fully saturated rings. The van der Waals surface area contributed by atoms with Crippen LogP contribution in [0.2, 0.25) is 0 Å². The van der Waals surface area contributed by atoms with Crippen molar-refractivity contribution in [1.82, 2.24) is 15.3 Å². The number of thioether (sulfide) groups is 1. The Morgan fingerprint density at radius 2 is 1.90 bits per heavy atom. The molecule has 0 amide bonds. The summed E-state index contributed by atoms with van der Waals surface area (Å²) in [6.07, 6.45) is 2.96. The van der Waals surface area contributed by atoms with Gasteiger partial charge in [-0.25, -0.2) is 9.97 Å². The van der Waals surface area contributed by atoms with Crippen LogP contribution in [0.15, 0.2) is 41.7 Å². The standard InChI is InChI=1S/C17H23N3S/c1-4-10-18-16(15-7-5-13(2)6-8-15)12-21-17-19-11-9-14(3)20-17/h5-9,11,16,18H,4,10,12H2,1-3H3. The van der Waals surface area contributed by atoms with E-state index in [-0.39, 0.29) is 0 Å². The van der Waals surface area contributed by atoms with Crippen molar-refractivity contribution in [3.05, 3.63) is 53.3 Å². The van der Waals surface area contributed by atoms with Crippen molar-refractivity contribution in [3.8, 4) is 0 Å². The van der Waals surface area contributed by atoms with E-state index >= 15 is 0 Å². The monoisotopic (exact) mass is 301 g/mol. The zero-order valence-corrected chi connectivity index (χ0v) is 13.8. The Kier molecular flexibility index (Phi) is 6.21. The molecule has 0 saturated carbocycles. The number of hydrogen-bond donors (Lipinski definition) is 1. The molecule has 0 radical (unpaired) electrons. The van der Waals surface area contributed by atoms with Gasteiger partial charge in [-0.3, -0.25) is 0 Å². The zero-order chi connectivity index (χ0) is 15.1. The second kappa shape index (κ2) is 8.15. The van der Waals surface area contributed by atoms with Crippen LogP contribution in [0.25, 0.3) is 0 Å². The predicted molar refractivity (Wildman–Crippen MR) is 89.7 cm³/mol. The lowest BCUT2D eigenvalue weighted by Crippen LogP contribution is -2.24. The Hall–Kier alpha value is -1.39. The van der Waals surface area contributed by atoms with Gasteiger partial charge in [0.2, 0.25) is 0 Å². The molecule has 112 valence electrons. The molecule has 1 aromatic heterocycles. The number of aromatic nitrogens is 2. The third-order valence-corrected chi connectivity index (χ3v) is 4.23. The Labute approximate surface area is 131 Å². The maximum Gasteiger partial charge on any atom is 0.187 e. The van der Waals surface area contributed by atoms with E-state index in [1.807, 2.05) is 19.2 Å². The molecule has 21 heavy (non-hydrogen) atoms. The second-order valence-electron chi connectivity index (χ2n) is 5.21. The summed E-state index contributed by atoms with van der Waals surface area (Å²) in [5.74, 6) is 0.937. The van der Waals surface area contributed by atoms with Gasteiger partial charge in [0.15, 0.2) is 5.16 Å². The molecule has 1 N–H and O–H groups in total. The largest absolute Gasteiger partial charge is 0.309 e. The van der Waals surface area contributed by atoms with E-state index in [1.54, 1.807) is 11.8 Å². The van der Waals surface area contributed by atoms with Gasteiger partial charge in [-0.05, 0) is 38.4 Å². The maximum atomic E-state index is 4.46. The van der Waals surface area contributed by atoms with E-state index in [1.165, 1.54) is 11.1 Å². The van der Waals surface area contributed by atoms with Crippen LogP contribution in [-0.2, 0) is 0 Å². The van der Waals surface area contributed by atoms with E-state index in [9.17, 15) is 0 Å². The summed E-state index contributed by atoms with van der Waals surface area (Å²) < 4.78 is 0. The first-order chi connectivity index (χ1) is 10.2. The van der Waals surface area contributed by atoms with Crippen LogP contribution in [0.3, 0.4) is 0 Å². The molecule has 1 aromatic carbocycles. The van der Waals surface area contributed by atoms with E-state index in [0.717, 1.165) is 29.6 Å². The van der Waals surface area contributed by atoms with Crippen molar-refractivity contribution in [2.45, 2.75) is 38.4 Å². The minimum atomic E-state index is 0.333. The number of nitrogens with zero attached hydrogens (tertiary/aromatic N) is 2. The molecule has 0 aliphatic rings. The van der Waals surface area contributed by atoms with Crippen LogP contribution in [0.1, 0.15) is 36.2 Å². The van der Waals surface area contributed by atoms with Gasteiger partial charge in [-0.2, -0.15) is 0 Å². The van der Waals surface area contributed by atoms with E-state index in [0.29, 0.717) is 6.04 Å². The highest BCUT2D eigenvalue weighted by Crippen LogP contribution is 2.22. The summed E-state index contributed by atoms with van der Waals surface area (Å²) in [5, 5.41) is 4.47. The maximum absolute atomic E-state index is 4.46. The lowest BCUT2D eigenvalue weighted by molar-refractivity contribution is 0.577. The topological polar surface area (TPSA) is 37.8 Å². The number of rotatable bonds is 7. The summed E-state index contributed by atoms with van der Waals surface area (Å²) in [7, 11) is 0. The van der Waals surface area contributed by atoms with Gasteiger partial charge < -0.3 is 5.32 Å². The molecule has 1 atom stereocenters. The van der Waals surface area contributed by atoms with E-state index in [2.05, 4.69) is 53.4 Å². The zero-order valence-electron chi connectivity index (χ0n) is 13.0. The second-order valence-corrected chi connectivity index (χ2v) is 6.20. The van der Waals surface area contributed by atoms with Crippen molar-refractivity contribution in [2.24, 2.45) is 0 Å². The SMILES string of the molecule is CCCNC(CSc1nccc(C)n1)c1ccc(C)cc1. The first-order valence-electron chi connectivity index (χ1n) is 7.41. The summed E-state index contributed by atoms with van der Waals surface area (Å²) in [5.41, 5.74) is 3.64. The first-order valence-corrected chi connectivity index (χ1v) is 8.40. The van der Waals surface area contributed by atoms with Gasteiger partial charge >= 0.3 is 0 Å². The van der Waals surface area contributed by atoms with E-state index in [4.69, 9.17) is 0 Å². The van der Waals surface area contributed by atoms with Crippen molar-refractivity contribution in [3.63, 3.8) is 0 Å². The minimum absolute atomic E-state index is 0.333. The molecule has 3 nitrogen and oxygen atoms in total. The number of nitrogens with one attached hydrogen (secondary N) is 1. The molecule has 2 aromatic rings. The fraction of sp³-hybridized carbons (Fsp3) is 0.412. The molecule has 1 heterocycles. The van der Waals surface area contributed by atoms with E-state index < -0.39 is 0 Å². The van der Waals surface area contributed by atoms with Gasteiger partial charge in [-0.1, -0.05) is 48.5 Å². The number of benzene rings is 1. The molecule has 4 heteroatoms. The summed E-state index contributed by atoms with van der Waals surface area (Å²) in [6.45, 7) is 7.33. The van der Waals surface area contributed by atoms with Crippen molar-refractivity contribution < 1.29 is 0 Å². The number of hydrogen-bond acceptors (Lipinski definition) is 4. The third kappa shape index (κ3) is 5.14. The van der Waals surface area contributed by atoms with Crippen molar-refractivity contribution in [1.29, 1.82) is 0 Å². The van der Waals surface area contributed by atoms with Gasteiger partial charge in [-0.15, -0.1) is 0 Å². The molecule has 0 spiro atoms. The van der Waals surface area contributed by atoms with Gasteiger partial charge in [0.25, 0.3) is 0 Å². The summed E-state index contributed by atoms with van der Waals surface area (Å²) >= 11 is 1.71. The highest BCUT2D eigenvalue weighted by atomic mass is 32.2. The predicted octanol–water partition coefficient (Wildman–Crippen LogP) is 3.93. The smallest absolute Gasteiger partial charge is 0.187 e. The molecule has 0 aliphatic heterocycles. The Bertz CT molecular complexity index is 554. The van der Waals surface area contributed by atoms with Crippen molar-refractivity contribution >= 4 is 11.8 Å². The number of aryl methyl sites for hydroxylation is 2. The van der Waals surface area contributed by atoms with Crippen LogP contribution >= 0.6 is 11.8 Å².